The van der Waals surface area contributed by atoms with Crippen molar-refractivity contribution in [3.8, 4) is 11.5 Å². The number of hydrogen-bond acceptors (Lipinski definition) is 5. The molecule has 0 unspecified atom stereocenters. The van der Waals surface area contributed by atoms with Crippen LogP contribution in [0.3, 0.4) is 0 Å². The van der Waals surface area contributed by atoms with Crippen molar-refractivity contribution < 1.29 is 22.6 Å². The molecule has 3 aromatic rings. The Morgan fingerprint density at radius 2 is 0.974 bits per heavy atom. The molecule has 0 N–H and O–H groups in total. The van der Waals surface area contributed by atoms with Gasteiger partial charge < -0.3 is 9.47 Å². The number of alkyl halides is 3. The van der Waals surface area contributed by atoms with E-state index in [-0.39, 0.29) is 0 Å². The second-order valence-corrected chi connectivity index (χ2v) is 8.86. The average Bonchev–Trinajstić information content (AvgIpc) is 2.93. The van der Waals surface area contributed by atoms with Crippen LogP contribution in [0.2, 0.25) is 0 Å². The molecular weight excluding hydrogens is 493 g/mol. The molecule has 0 atom stereocenters. The summed E-state index contributed by atoms with van der Waals surface area (Å²) in [5.41, 5.74) is 0.750. The van der Waals surface area contributed by atoms with Crippen molar-refractivity contribution in [2.45, 2.75) is 57.5 Å². The maximum atomic E-state index is 12.6. The molecule has 0 bridgehead atoms. The van der Waals surface area contributed by atoms with Crippen LogP contribution in [-0.4, -0.2) is 13.2 Å². The minimum atomic E-state index is -4.36. The van der Waals surface area contributed by atoms with E-state index in [2.05, 4.69) is 15.2 Å². The van der Waals surface area contributed by atoms with E-state index in [1.165, 1.54) is 37.8 Å². The van der Waals surface area contributed by atoms with Crippen molar-refractivity contribution in [1.82, 2.24) is 0 Å². The number of benzene rings is 3. The van der Waals surface area contributed by atoms with Crippen LogP contribution in [0.4, 0.5) is 30.2 Å². The molecule has 3 rings (SSSR count). The molecule has 200 valence electrons. The summed E-state index contributed by atoms with van der Waals surface area (Å²) in [6.45, 7) is 1.34. The molecule has 3 aromatic carbocycles. The van der Waals surface area contributed by atoms with Crippen LogP contribution >= 0.6 is 0 Å². The third-order valence-corrected chi connectivity index (χ3v) is 5.84. The zero-order valence-corrected chi connectivity index (χ0v) is 21.2. The van der Waals surface area contributed by atoms with Gasteiger partial charge in [0.05, 0.1) is 30.2 Å². The molecule has 9 heteroatoms. The van der Waals surface area contributed by atoms with E-state index in [0.29, 0.717) is 30.3 Å². The van der Waals surface area contributed by atoms with Crippen LogP contribution in [0.15, 0.2) is 83.0 Å². The molecule has 0 aliphatic carbocycles. The number of hydrogen-bond donors (Lipinski definition) is 0. The van der Waals surface area contributed by atoms with Gasteiger partial charge in [0.1, 0.15) is 11.5 Å². The van der Waals surface area contributed by atoms with E-state index < -0.39 is 11.7 Å². The van der Waals surface area contributed by atoms with Gasteiger partial charge in [0, 0.05) is 12.1 Å². The average molecular weight is 526 g/mol. The summed E-state index contributed by atoms with van der Waals surface area (Å²) in [7, 11) is 0. The van der Waals surface area contributed by atoms with Crippen molar-refractivity contribution in [3.63, 3.8) is 0 Å². The van der Waals surface area contributed by atoms with Crippen molar-refractivity contribution in [2.75, 3.05) is 13.2 Å². The van der Waals surface area contributed by atoms with Gasteiger partial charge in [-0.1, -0.05) is 38.5 Å². The molecule has 0 aromatic heterocycles. The number of rotatable bonds is 15. The standard InChI is InChI=1S/C29H32F3N4O2/c30-29(31,32)23-9-11-25(12-10-23)35-36-26-15-19-28(20-16-26)38-22-8-6-4-2-1-3-5-7-21-37-27-17-13-24(34-33)14-18-27/h9-20H,1-8,21-22H2/q+1/b36-35+. The van der Waals surface area contributed by atoms with Gasteiger partial charge in [-0.15, -0.1) is 0 Å². The summed E-state index contributed by atoms with van der Waals surface area (Å²) in [6.07, 6.45) is 4.74. The lowest BCUT2D eigenvalue weighted by molar-refractivity contribution is -0.137. The van der Waals surface area contributed by atoms with Crippen molar-refractivity contribution >= 4 is 17.1 Å². The van der Waals surface area contributed by atoms with E-state index in [1.54, 1.807) is 36.4 Å². The lowest BCUT2D eigenvalue weighted by Crippen LogP contribution is -2.03. The zero-order valence-electron chi connectivity index (χ0n) is 21.2. The third kappa shape index (κ3) is 10.6. The van der Waals surface area contributed by atoms with E-state index in [1.807, 2.05) is 12.1 Å². The van der Waals surface area contributed by atoms with Crippen LogP contribution in [0.1, 0.15) is 56.9 Å². The first-order chi connectivity index (χ1) is 18.4. The van der Waals surface area contributed by atoms with Crippen LogP contribution < -0.4 is 9.47 Å². The van der Waals surface area contributed by atoms with E-state index in [4.69, 9.17) is 14.9 Å². The summed E-state index contributed by atoms with van der Waals surface area (Å²) in [5, 5.41) is 16.7. The van der Waals surface area contributed by atoms with E-state index >= 15 is 0 Å². The fourth-order valence-corrected chi connectivity index (χ4v) is 3.70. The molecule has 0 radical (unpaired) electrons. The monoisotopic (exact) mass is 525 g/mol. The number of nitrogens with zero attached hydrogens (tertiary/aromatic N) is 4. The molecule has 6 nitrogen and oxygen atoms in total. The largest absolute Gasteiger partial charge is 0.494 e. The van der Waals surface area contributed by atoms with Crippen LogP contribution in [0, 0.1) is 5.39 Å². The number of unbranched alkanes of at least 4 members (excludes halogenated alkanes) is 7. The summed E-state index contributed by atoms with van der Waals surface area (Å²) in [4.78, 5) is 3.12. The maximum Gasteiger partial charge on any atom is 0.416 e. The van der Waals surface area contributed by atoms with Crippen LogP contribution in [-0.2, 0) is 6.18 Å². The molecule has 0 aliphatic rings. The number of halogens is 3. The molecule has 0 amide bonds. The minimum Gasteiger partial charge on any atom is -0.494 e. The first kappa shape index (κ1) is 28.6. The summed E-state index contributed by atoms with van der Waals surface area (Å²) in [5.74, 6) is 1.54. The topological polar surface area (TPSA) is 71.3 Å². The van der Waals surface area contributed by atoms with Crippen LogP contribution in [0.25, 0.3) is 4.98 Å². The first-order valence-corrected chi connectivity index (χ1v) is 12.8. The highest BCUT2D eigenvalue weighted by Gasteiger charge is 2.29. The normalized spacial score (nSPS) is 11.4. The molecule has 0 fully saturated rings. The summed E-state index contributed by atoms with van der Waals surface area (Å²) >= 11 is 0. The van der Waals surface area contributed by atoms with Gasteiger partial charge in [-0.2, -0.15) is 23.4 Å². The van der Waals surface area contributed by atoms with Crippen LogP contribution in [0.5, 0.6) is 11.5 Å². The van der Waals surface area contributed by atoms with Gasteiger partial charge in [-0.05, 0) is 73.5 Å². The molecule has 0 saturated carbocycles. The van der Waals surface area contributed by atoms with Gasteiger partial charge in [0.15, 0.2) is 4.98 Å². The Morgan fingerprint density at radius 1 is 0.579 bits per heavy atom. The Kier molecular flexibility index (Phi) is 11.6. The molecule has 0 heterocycles. The van der Waals surface area contributed by atoms with Crippen molar-refractivity contribution in [3.05, 3.63) is 83.3 Å². The maximum absolute atomic E-state index is 12.6. The van der Waals surface area contributed by atoms with Gasteiger partial charge in [-0.3, -0.25) is 0 Å². The smallest absolute Gasteiger partial charge is 0.416 e. The number of diazo groups is 1. The molecular formula is C29H32F3N4O2+. The summed E-state index contributed by atoms with van der Waals surface area (Å²) < 4.78 is 49.3. The molecule has 0 saturated heterocycles. The Labute approximate surface area is 221 Å². The zero-order chi connectivity index (χ0) is 27.1. The quantitative estimate of drug-likeness (QED) is 0.113. The number of ether oxygens (including phenoxy) is 2. The Morgan fingerprint density at radius 3 is 1.39 bits per heavy atom. The predicted octanol–water partition coefficient (Wildman–Crippen LogP) is 10.2. The Hall–Kier alpha value is -3.93. The minimum absolute atomic E-state index is 0.353. The van der Waals surface area contributed by atoms with Crippen molar-refractivity contribution in [1.29, 1.82) is 5.39 Å². The highest BCUT2D eigenvalue weighted by molar-refractivity contribution is 5.46. The molecule has 0 spiro atoms. The van der Waals surface area contributed by atoms with Gasteiger partial charge in [0.2, 0.25) is 5.39 Å². The van der Waals surface area contributed by atoms with Gasteiger partial charge >= 0.3 is 11.9 Å². The molecule has 0 aliphatic heterocycles. The fourth-order valence-electron chi connectivity index (χ4n) is 3.70. The highest BCUT2D eigenvalue weighted by Crippen LogP contribution is 2.31. The van der Waals surface area contributed by atoms with Crippen molar-refractivity contribution in [2.24, 2.45) is 10.2 Å². The number of azo groups is 1. The predicted molar refractivity (Wildman–Crippen MR) is 141 cm³/mol. The summed E-state index contributed by atoms with van der Waals surface area (Å²) in [6, 6.07) is 18.7. The molecule has 38 heavy (non-hydrogen) atoms. The first-order valence-electron chi connectivity index (χ1n) is 12.8. The third-order valence-electron chi connectivity index (χ3n) is 5.84. The Bertz CT molecular complexity index is 1160. The lowest BCUT2D eigenvalue weighted by atomic mass is 10.1. The second kappa shape index (κ2) is 15.4. The van der Waals surface area contributed by atoms with Gasteiger partial charge in [-0.25, -0.2) is 0 Å². The van der Waals surface area contributed by atoms with E-state index in [0.717, 1.165) is 49.3 Å². The Balaban J connectivity index is 1.18. The second-order valence-electron chi connectivity index (χ2n) is 8.86. The van der Waals surface area contributed by atoms with Gasteiger partial charge in [0.25, 0.3) is 0 Å². The fraction of sp³-hybridized carbons (Fsp3) is 0.379. The van der Waals surface area contributed by atoms with E-state index in [9.17, 15) is 13.2 Å². The lowest BCUT2D eigenvalue weighted by Gasteiger charge is -2.07. The highest BCUT2D eigenvalue weighted by atomic mass is 19.4. The SMILES string of the molecule is N#[N+]c1ccc(OCCCCCCCCCCOc2ccc(/N=N/c3ccc(C(F)(F)F)cc3)cc2)cc1.